The Hall–Kier alpha value is -1.31. The lowest BCUT2D eigenvalue weighted by molar-refractivity contribution is 0.803. The second-order valence-corrected chi connectivity index (χ2v) is 5.38. The first kappa shape index (κ1) is 12.7. The van der Waals surface area contributed by atoms with Gasteiger partial charge in [0.05, 0.1) is 22.4 Å². The van der Waals surface area contributed by atoms with E-state index in [0.29, 0.717) is 9.79 Å². The number of nitrogens with zero attached hydrogens (tertiary/aromatic N) is 4. The van der Waals surface area contributed by atoms with Gasteiger partial charge in [0, 0.05) is 6.42 Å². The number of hydrogen-bond acceptors (Lipinski definition) is 5. The van der Waals surface area contributed by atoms with Crippen LogP contribution in [0.4, 0.5) is 0 Å². The molecule has 3 aromatic rings. The zero-order chi connectivity index (χ0) is 13.4. The number of benzene rings is 1. The first-order valence-electron chi connectivity index (χ1n) is 5.79. The van der Waals surface area contributed by atoms with E-state index in [0.717, 1.165) is 47.1 Å². The topological polar surface area (TPSA) is 59.4 Å². The minimum atomic E-state index is 0.519. The van der Waals surface area contributed by atoms with Gasteiger partial charge in [-0.05, 0) is 30.8 Å². The number of aryl methyl sites for hydroxylation is 1. The molecule has 1 aromatic carbocycles. The lowest BCUT2D eigenvalue weighted by atomic mass is 10.2. The van der Waals surface area contributed by atoms with E-state index in [-0.39, 0.29) is 0 Å². The van der Waals surface area contributed by atoms with Gasteiger partial charge in [-0.1, -0.05) is 18.5 Å². The first-order valence-corrected chi connectivity index (χ1v) is 7.31. The highest BCUT2D eigenvalue weighted by Gasteiger charge is 2.16. The van der Waals surface area contributed by atoms with Crippen molar-refractivity contribution in [2.24, 2.45) is 0 Å². The molecule has 0 bridgehead atoms. The zero-order valence-electron chi connectivity index (χ0n) is 10.1. The van der Waals surface area contributed by atoms with Gasteiger partial charge < -0.3 is 0 Å². The number of hydrogen-bond donors (Lipinski definition) is 1. The molecule has 0 saturated carbocycles. The quantitative estimate of drug-likeness (QED) is 0.752. The Morgan fingerprint density at radius 3 is 3.05 bits per heavy atom. The lowest BCUT2D eigenvalue weighted by Gasteiger charge is -2.08. The van der Waals surface area contributed by atoms with Crippen molar-refractivity contribution in [2.45, 2.75) is 19.8 Å². The summed E-state index contributed by atoms with van der Waals surface area (Å²) in [4.78, 5) is 0. The van der Waals surface area contributed by atoms with Crippen molar-refractivity contribution in [3.63, 3.8) is 0 Å². The molecule has 3 rings (SSSR count). The Bertz CT molecular complexity index is 788. The number of aromatic nitrogens is 5. The van der Waals surface area contributed by atoms with E-state index in [2.05, 4.69) is 25.9 Å². The Balaban J connectivity index is 2.35. The van der Waals surface area contributed by atoms with E-state index < -0.39 is 0 Å². The molecule has 0 fully saturated rings. The van der Waals surface area contributed by atoms with Crippen molar-refractivity contribution in [3.8, 4) is 5.69 Å². The molecular weight excluding hydrogens is 302 g/mol. The minimum Gasteiger partial charge on any atom is -0.268 e. The summed E-state index contributed by atoms with van der Waals surface area (Å²) in [5.41, 5.74) is 2.33. The van der Waals surface area contributed by atoms with Gasteiger partial charge in [0.1, 0.15) is 16.9 Å². The van der Waals surface area contributed by atoms with Crippen LogP contribution in [-0.2, 0) is 6.42 Å². The van der Waals surface area contributed by atoms with Crippen molar-refractivity contribution < 1.29 is 0 Å². The second-order valence-electron chi connectivity index (χ2n) is 4.06. The van der Waals surface area contributed by atoms with Crippen molar-refractivity contribution in [3.05, 3.63) is 27.8 Å². The Morgan fingerprint density at radius 2 is 2.26 bits per heavy atom. The van der Waals surface area contributed by atoms with E-state index in [9.17, 15) is 0 Å². The predicted octanol–water partition coefficient (Wildman–Crippen LogP) is 3.54. The van der Waals surface area contributed by atoms with Crippen LogP contribution in [0.1, 0.15) is 19.2 Å². The molecule has 2 heterocycles. The van der Waals surface area contributed by atoms with Crippen LogP contribution >= 0.6 is 35.5 Å². The van der Waals surface area contributed by atoms with Crippen LogP contribution in [-0.4, -0.2) is 23.5 Å². The number of fused-ring (bicyclic) bond motifs is 1. The maximum absolute atomic E-state index is 6.32. The van der Waals surface area contributed by atoms with Crippen LogP contribution in [0.3, 0.4) is 0 Å². The van der Waals surface area contributed by atoms with Gasteiger partial charge in [-0.3, -0.25) is 9.67 Å². The normalized spacial score (nSPS) is 11.3. The van der Waals surface area contributed by atoms with E-state index >= 15 is 0 Å². The van der Waals surface area contributed by atoms with Crippen LogP contribution in [0, 0.1) is 4.77 Å². The van der Waals surface area contributed by atoms with Crippen LogP contribution < -0.4 is 0 Å². The standard InChI is InChI=1S/C11H10ClN5S2/c1-2-3-8-13-14-11(18)17(8)10-6(12)4-5-7-9(10)16-19-15-7/h4-5H,2-3H2,1H3,(H,14,18). The number of H-pyrrole nitrogens is 1. The number of halogens is 1. The second kappa shape index (κ2) is 4.99. The van der Waals surface area contributed by atoms with Gasteiger partial charge >= 0.3 is 0 Å². The summed E-state index contributed by atoms with van der Waals surface area (Å²) < 4.78 is 10.9. The summed E-state index contributed by atoms with van der Waals surface area (Å²) in [5.74, 6) is 0.856. The summed E-state index contributed by atoms with van der Waals surface area (Å²) in [6, 6.07) is 3.67. The Kier molecular flexibility index (Phi) is 3.34. The summed E-state index contributed by atoms with van der Waals surface area (Å²) in [6.07, 6.45) is 1.79. The van der Waals surface area contributed by atoms with Crippen molar-refractivity contribution in [1.82, 2.24) is 23.5 Å². The molecule has 2 aromatic heterocycles. The average Bonchev–Trinajstić information content (AvgIpc) is 2.98. The fourth-order valence-corrected chi connectivity index (χ4v) is 2.99. The molecule has 8 heteroatoms. The zero-order valence-corrected chi connectivity index (χ0v) is 12.4. The molecule has 19 heavy (non-hydrogen) atoms. The highest BCUT2D eigenvalue weighted by Crippen LogP contribution is 2.29. The van der Waals surface area contributed by atoms with Crippen LogP contribution in [0.2, 0.25) is 5.02 Å². The molecule has 5 nitrogen and oxygen atoms in total. The Morgan fingerprint density at radius 1 is 1.42 bits per heavy atom. The molecule has 98 valence electrons. The van der Waals surface area contributed by atoms with Gasteiger partial charge in [-0.25, -0.2) is 0 Å². The minimum absolute atomic E-state index is 0.519. The smallest absolute Gasteiger partial charge is 0.199 e. The molecule has 1 N–H and O–H groups in total. The van der Waals surface area contributed by atoms with Gasteiger partial charge in [0.25, 0.3) is 0 Å². The Labute approximate surface area is 123 Å². The summed E-state index contributed by atoms with van der Waals surface area (Å²) in [5, 5.41) is 7.67. The van der Waals surface area contributed by atoms with E-state index in [1.807, 2.05) is 16.7 Å². The summed E-state index contributed by atoms with van der Waals surface area (Å²) in [7, 11) is 0. The highest BCUT2D eigenvalue weighted by atomic mass is 35.5. The maximum Gasteiger partial charge on any atom is 0.199 e. The number of aromatic amines is 1. The third-order valence-corrected chi connectivity index (χ3v) is 3.91. The molecular formula is C11H10ClN5S2. The molecule has 0 spiro atoms. The van der Waals surface area contributed by atoms with Crippen LogP contribution in [0.5, 0.6) is 0 Å². The van der Waals surface area contributed by atoms with Gasteiger partial charge in [-0.2, -0.15) is 13.8 Å². The third kappa shape index (κ3) is 2.07. The monoisotopic (exact) mass is 311 g/mol. The molecule has 0 saturated heterocycles. The van der Waals surface area contributed by atoms with Crippen molar-refractivity contribution in [2.75, 3.05) is 0 Å². The van der Waals surface area contributed by atoms with Gasteiger partial charge in [0.2, 0.25) is 0 Å². The maximum atomic E-state index is 6.32. The molecule has 0 aliphatic heterocycles. The highest BCUT2D eigenvalue weighted by molar-refractivity contribution is 7.71. The molecule has 0 aliphatic carbocycles. The fraction of sp³-hybridized carbons (Fsp3) is 0.273. The summed E-state index contributed by atoms with van der Waals surface area (Å²) >= 11 is 12.8. The molecule has 0 unspecified atom stereocenters. The van der Waals surface area contributed by atoms with Crippen molar-refractivity contribution >= 4 is 46.6 Å². The van der Waals surface area contributed by atoms with Crippen LogP contribution in [0.15, 0.2) is 12.1 Å². The summed E-state index contributed by atoms with van der Waals surface area (Å²) in [6.45, 7) is 2.09. The van der Waals surface area contributed by atoms with E-state index in [1.54, 1.807) is 0 Å². The third-order valence-electron chi connectivity index (χ3n) is 2.79. The SMILES string of the molecule is CCCc1n[nH]c(=S)n1-c1c(Cl)ccc2nsnc12. The lowest BCUT2D eigenvalue weighted by Crippen LogP contribution is -2.03. The van der Waals surface area contributed by atoms with E-state index in [1.165, 1.54) is 0 Å². The van der Waals surface area contributed by atoms with Gasteiger partial charge in [-0.15, -0.1) is 0 Å². The number of nitrogens with one attached hydrogen (secondary N) is 1. The predicted molar refractivity (Wildman–Crippen MR) is 78.7 cm³/mol. The molecule has 0 amide bonds. The van der Waals surface area contributed by atoms with Gasteiger partial charge in [0.15, 0.2) is 4.77 Å². The molecule has 0 aliphatic rings. The molecule has 0 atom stereocenters. The van der Waals surface area contributed by atoms with Crippen LogP contribution in [0.25, 0.3) is 16.7 Å². The molecule has 0 radical (unpaired) electrons. The van der Waals surface area contributed by atoms with E-state index in [4.69, 9.17) is 23.8 Å². The van der Waals surface area contributed by atoms with Crippen molar-refractivity contribution in [1.29, 1.82) is 0 Å². The largest absolute Gasteiger partial charge is 0.268 e. The first-order chi connectivity index (χ1) is 9.22. The fourth-order valence-electron chi connectivity index (χ4n) is 1.98. The average molecular weight is 312 g/mol. The number of rotatable bonds is 3.